The third kappa shape index (κ3) is 3.21. The summed E-state index contributed by atoms with van der Waals surface area (Å²) in [5, 5.41) is 12.0. The summed E-state index contributed by atoms with van der Waals surface area (Å²) in [6.07, 6.45) is 1.79. The lowest BCUT2D eigenvalue weighted by Gasteiger charge is -2.05. The number of hydrogen-bond acceptors (Lipinski definition) is 6. The quantitative estimate of drug-likeness (QED) is 0.672. The van der Waals surface area contributed by atoms with Crippen LogP contribution in [0.5, 0.6) is 0 Å². The first-order chi connectivity index (χ1) is 9.97. The highest BCUT2D eigenvalue weighted by molar-refractivity contribution is 7.92. The maximum Gasteiger partial charge on any atom is 0.342 e. The average Bonchev–Trinajstić information content (AvgIpc) is 3.06. The number of ether oxygens (including phenoxy) is 1. The number of rotatable bonds is 6. The Morgan fingerprint density at radius 3 is 2.76 bits per heavy atom. The molecule has 2 rings (SSSR count). The lowest BCUT2D eigenvalue weighted by atomic mass is 10.3. The zero-order chi connectivity index (χ0) is 15.5. The number of esters is 1. The van der Waals surface area contributed by atoms with Crippen molar-refractivity contribution in [2.45, 2.75) is 25.3 Å². The van der Waals surface area contributed by atoms with Crippen LogP contribution in [0.4, 0.5) is 5.82 Å². The van der Waals surface area contributed by atoms with E-state index in [1.807, 2.05) is 6.92 Å². The molecule has 2 aromatic heterocycles. The fourth-order valence-electron chi connectivity index (χ4n) is 1.62. The van der Waals surface area contributed by atoms with Gasteiger partial charge in [0.2, 0.25) is 0 Å². The summed E-state index contributed by atoms with van der Waals surface area (Å²) in [5.74, 6) is -0.626. The van der Waals surface area contributed by atoms with E-state index in [4.69, 9.17) is 4.74 Å². The van der Waals surface area contributed by atoms with Gasteiger partial charge in [-0.15, -0.1) is 0 Å². The van der Waals surface area contributed by atoms with E-state index >= 15 is 0 Å². The number of anilines is 1. The topological polar surface area (TPSA) is 130 Å². The van der Waals surface area contributed by atoms with Crippen LogP contribution < -0.4 is 4.72 Å². The molecule has 10 heteroatoms. The van der Waals surface area contributed by atoms with Crippen molar-refractivity contribution in [3.63, 3.8) is 0 Å². The van der Waals surface area contributed by atoms with Gasteiger partial charge in [0.05, 0.1) is 12.8 Å². The van der Waals surface area contributed by atoms with E-state index in [0.717, 1.165) is 11.9 Å². The Hall–Kier alpha value is -2.36. The SMILES string of the molecule is CCOC(=O)c1cn[nH]c1S(=O)(=O)Nc1cc(CC)[nH]n1. The Morgan fingerprint density at radius 1 is 1.38 bits per heavy atom. The summed E-state index contributed by atoms with van der Waals surface area (Å²) in [7, 11) is -4.01. The average molecular weight is 313 g/mol. The van der Waals surface area contributed by atoms with Crippen molar-refractivity contribution in [2.75, 3.05) is 11.3 Å². The monoisotopic (exact) mass is 313 g/mol. The molecular weight excluding hydrogens is 298 g/mol. The number of sulfonamides is 1. The minimum Gasteiger partial charge on any atom is -0.462 e. The van der Waals surface area contributed by atoms with E-state index in [1.54, 1.807) is 13.0 Å². The summed E-state index contributed by atoms with van der Waals surface area (Å²) in [6, 6.07) is 1.57. The van der Waals surface area contributed by atoms with E-state index in [0.29, 0.717) is 6.42 Å². The zero-order valence-corrected chi connectivity index (χ0v) is 12.3. The second-order valence-electron chi connectivity index (χ2n) is 4.07. The van der Waals surface area contributed by atoms with Crippen molar-refractivity contribution in [3.05, 3.63) is 23.5 Å². The van der Waals surface area contributed by atoms with E-state index < -0.39 is 16.0 Å². The van der Waals surface area contributed by atoms with Gasteiger partial charge < -0.3 is 4.74 Å². The molecule has 0 bridgehead atoms. The summed E-state index contributed by atoms with van der Waals surface area (Å²) >= 11 is 0. The number of hydrogen-bond donors (Lipinski definition) is 3. The highest BCUT2D eigenvalue weighted by Gasteiger charge is 2.26. The van der Waals surface area contributed by atoms with Crippen LogP contribution in [0.2, 0.25) is 0 Å². The van der Waals surface area contributed by atoms with Gasteiger partial charge in [0.25, 0.3) is 10.0 Å². The summed E-state index contributed by atoms with van der Waals surface area (Å²) in [6.45, 7) is 3.66. The van der Waals surface area contributed by atoms with Crippen molar-refractivity contribution < 1.29 is 17.9 Å². The first kappa shape index (κ1) is 15.0. The minimum absolute atomic E-state index is 0.135. The van der Waals surface area contributed by atoms with Crippen LogP contribution >= 0.6 is 0 Å². The molecule has 0 spiro atoms. The first-order valence-corrected chi connectivity index (χ1v) is 7.73. The molecule has 2 aromatic rings. The number of aromatic amines is 2. The lowest BCUT2D eigenvalue weighted by Crippen LogP contribution is -2.18. The Morgan fingerprint density at radius 2 is 2.14 bits per heavy atom. The molecule has 0 amide bonds. The Balaban J connectivity index is 2.28. The van der Waals surface area contributed by atoms with Gasteiger partial charge in [-0.25, -0.2) is 4.79 Å². The van der Waals surface area contributed by atoms with Gasteiger partial charge in [0, 0.05) is 11.8 Å². The van der Waals surface area contributed by atoms with Gasteiger partial charge in [-0.05, 0) is 13.3 Å². The molecule has 0 fully saturated rings. The molecule has 9 nitrogen and oxygen atoms in total. The molecule has 3 N–H and O–H groups in total. The number of aromatic nitrogens is 4. The minimum atomic E-state index is -4.01. The molecule has 0 atom stereocenters. The van der Waals surface area contributed by atoms with Crippen LogP contribution in [0, 0.1) is 0 Å². The van der Waals surface area contributed by atoms with Crippen molar-refractivity contribution in [2.24, 2.45) is 0 Å². The van der Waals surface area contributed by atoms with Crippen LogP contribution in [-0.4, -0.2) is 41.4 Å². The number of aryl methyl sites for hydroxylation is 1. The van der Waals surface area contributed by atoms with Gasteiger partial charge in [-0.3, -0.25) is 14.9 Å². The third-order valence-corrected chi connectivity index (χ3v) is 3.95. The smallest absolute Gasteiger partial charge is 0.342 e. The van der Waals surface area contributed by atoms with E-state index in [-0.39, 0.29) is 23.0 Å². The molecule has 21 heavy (non-hydrogen) atoms. The van der Waals surface area contributed by atoms with Crippen molar-refractivity contribution >= 4 is 21.8 Å². The Labute approximate surface area is 121 Å². The molecular formula is C11H15N5O4S. The van der Waals surface area contributed by atoms with E-state index in [2.05, 4.69) is 25.1 Å². The van der Waals surface area contributed by atoms with Crippen LogP contribution in [0.1, 0.15) is 29.9 Å². The maximum atomic E-state index is 12.2. The zero-order valence-electron chi connectivity index (χ0n) is 11.5. The Bertz CT molecular complexity index is 733. The van der Waals surface area contributed by atoms with E-state index in [9.17, 15) is 13.2 Å². The maximum absolute atomic E-state index is 12.2. The summed E-state index contributed by atoms with van der Waals surface area (Å²) in [5.41, 5.74) is 0.624. The number of carbonyl (C=O) groups excluding carboxylic acids is 1. The largest absolute Gasteiger partial charge is 0.462 e. The second-order valence-corrected chi connectivity index (χ2v) is 5.69. The van der Waals surface area contributed by atoms with Gasteiger partial charge in [-0.1, -0.05) is 6.92 Å². The molecule has 0 saturated carbocycles. The molecule has 0 aliphatic rings. The van der Waals surface area contributed by atoms with E-state index in [1.165, 1.54) is 0 Å². The Kier molecular flexibility index (Phi) is 4.26. The molecule has 0 saturated heterocycles. The van der Waals surface area contributed by atoms with Crippen LogP contribution in [-0.2, 0) is 21.2 Å². The van der Waals surface area contributed by atoms with Crippen molar-refractivity contribution in [3.8, 4) is 0 Å². The van der Waals surface area contributed by atoms with Gasteiger partial charge >= 0.3 is 5.97 Å². The molecule has 0 aromatic carbocycles. The summed E-state index contributed by atoms with van der Waals surface area (Å²) < 4.78 is 31.5. The molecule has 0 radical (unpaired) electrons. The first-order valence-electron chi connectivity index (χ1n) is 6.25. The number of nitrogens with zero attached hydrogens (tertiary/aromatic N) is 2. The van der Waals surface area contributed by atoms with Crippen LogP contribution in [0.15, 0.2) is 17.3 Å². The standard InChI is InChI=1S/C11H15N5O4S/c1-3-7-5-9(14-13-7)16-21(18,19)10-8(6-12-15-10)11(17)20-4-2/h5-6H,3-4H2,1-2H3,(H,12,15)(H2,13,14,16). The predicted molar refractivity (Wildman–Crippen MR) is 73.3 cm³/mol. The molecule has 0 aliphatic carbocycles. The molecule has 0 aliphatic heterocycles. The molecule has 2 heterocycles. The number of carbonyl (C=O) groups is 1. The normalized spacial score (nSPS) is 11.3. The summed E-state index contributed by atoms with van der Waals surface area (Å²) in [4.78, 5) is 11.7. The van der Waals surface area contributed by atoms with Gasteiger partial charge in [0.1, 0.15) is 5.56 Å². The highest BCUT2D eigenvalue weighted by Crippen LogP contribution is 2.17. The van der Waals surface area contributed by atoms with Gasteiger partial charge in [0.15, 0.2) is 10.8 Å². The predicted octanol–water partition coefficient (Wildman–Crippen LogP) is 0.673. The second kappa shape index (κ2) is 5.95. The van der Waals surface area contributed by atoms with Crippen molar-refractivity contribution in [1.29, 1.82) is 0 Å². The van der Waals surface area contributed by atoms with Crippen molar-refractivity contribution in [1.82, 2.24) is 20.4 Å². The third-order valence-electron chi connectivity index (χ3n) is 2.62. The highest BCUT2D eigenvalue weighted by atomic mass is 32.2. The molecule has 0 unspecified atom stereocenters. The van der Waals surface area contributed by atoms with Crippen LogP contribution in [0.3, 0.4) is 0 Å². The molecule has 114 valence electrons. The van der Waals surface area contributed by atoms with Gasteiger partial charge in [-0.2, -0.15) is 18.6 Å². The number of H-pyrrole nitrogens is 2. The van der Waals surface area contributed by atoms with Crippen LogP contribution in [0.25, 0.3) is 0 Å². The fraction of sp³-hybridized carbons (Fsp3) is 0.364. The fourth-order valence-corrected chi connectivity index (χ4v) is 2.70. The number of nitrogens with one attached hydrogen (secondary N) is 3. The lowest BCUT2D eigenvalue weighted by molar-refractivity contribution is 0.0522.